The molecule has 1 N–H and O–H groups in total. The average molecular weight is 279 g/mol. The normalized spacial score (nSPS) is 11.6. The summed E-state index contributed by atoms with van der Waals surface area (Å²) in [4.78, 5) is 0. The van der Waals surface area contributed by atoms with Gasteiger partial charge in [0.2, 0.25) is 0 Å². The minimum Gasteiger partial charge on any atom is -0.457 e. The minimum absolute atomic E-state index is 0.369. The Hall–Kier alpha value is -2.24. The van der Waals surface area contributed by atoms with Crippen molar-refractivity contribution in [1.82, 2.24) is 5.32 Å². The SMILES string of the molecule is C#CCC(CC)NCc1cccc(Oc2ccccc2)c1. The van der Waals surface area contributed by atoms with Crippen LogP contribution < -0.4 is 10.1 Å². The van der Waals surface area contributed by atoms with Crippen LogP contribution in [0.5, 0.6) is 11.5 Å². The molecule has 0 fully saturated rings. The zero-order valence-corrected chi connectivity index (χ0v) is 12.4. The lowest BCUT2D eigenvalue weighted by molar-refractivity contribution is 0.478. The molecular weight excluding hydrogens is 258 g/mol. The van der Waals surface area contributed by atoms with Crippen LogP contribution in [0.25, 0.3) is 0 Å². The van der Waals surface area contributed by atoms with Gasteiger partial charge in [-0.15, -0.1) is 12.3 Å². The number of hydrogen-bond donors (Lipinski definition) is 1. The molecule has 0 bridgehead atoms. The van der Waals surface area contributed by atoms with Crippen molar-refractivity contribution in [2.45, 2.75) is 32.4 Å². The first-order valence-electron chi connectivity index (χ1n) is 7.30. The van der Waals surface area contributed by atoms with Gasteiger partial charge in [0.15, 0.2) is 0 Å². The van der Waals surface area contributed by atoms with Gasteiger partial charge in [-0.05, 0) is 36.2 Å². The molecule has 2 heteroatoms. The van der Waals surface area contributed by atoms with Gasteiger partial charge < -0.3 is 10.1 Å². The molecule has 1 atom stereocenters. The fourth-order valence-corrected chi connectivity index (χ4v) is 2.11. The molecule has 2 aromatic carbocycles. The number of hydrogen-bond acceptors (Lipinski definition) is 2. The van der Waals surface area contributed by atoms with Gasteiger partial charge in [0, 0.05) is 19.0 Å². The van der Waals surface area contributed by atoms with Gasteiger partial charge in [-0.25, -0.2) is 0 Å². The molecule has 0 saturated carbocycles. The highest BCUT2D eigenvalue weighted by molar-refractivity contribution is 5.33. The van der Waals surface area contributed by atoms with Crippen LogP contribution >= 0.6 is 0 Å². The molecule has 0 amide bonds. The molecule has 108 valence electrons. The van der Waals surface area contributed by atoms with Crippen molar-refractivity contribution in [2.75, 3.05) is 0 Å². The summed E-state index contributed by atoms with van der Waals surface area (Å²) in [5.41, 5.74) is 1.19. The Kier molecular flexibility index (Phi) is 5.87. The van der Waals surface area contributed by atoms with Gasteiger partial charge in [0.25, 0.3) is 0 Å². The first-order valence-corrected chi connectivity index (χ1v) is 7.30. The molecule has 2 rings (SSSR count). The maximum atomic E-state index is 5.84. The number of nitrogens with one attached hydrogen (secondary N) is 1. The Bertz CT molecular complexity index is 586. The fraction of sp³-hybridized carbons (Fsp3) is 0.263. The predicted molar refractivity (Wildman–Crippen MR) is 87.3 cm³/mol. The molecule has 1 unspecified atom stereocenters. The molecule has 0 aliphatic carbocycles. The molecular formula is C19H21NO. The van der Waals surface area contributed by atoms with Crippen molar-refractivity contribution in [3.63, 3.8) is 0 Å². The van der Waals surface area contributed by atoms with Crippen LogP contribution in [-0.2, 0) is 6.54 Å². The average Bonchev–Trinajstić information content (AvgIpc) is 2.53. The zero-order valence-electron chi connectivity index (χ0n) is 12.4. The van der Waals surface area contributed by atoms with Crippen LogP contribution in [-0.4, -0.2) is 6.04 Å². The van der Waals surface area contributed by atoms with Gasteiger partial charge in [-0.3, -0.25) is 0 Å². The third-order valence-corrected chi connectivity index (χ3v) is 3.33. The Morgan fingerprint density at radius 1 is 1.10 bits per heavy atom. The quantitative estimate of drug-likeness (QED) is 0.760. The second-order valence-electron chi connectivity index (χ2n) is 4.96. The van der Waals surface area contributed by atoms with Crippen molar-refractivity contribution in [3.8, 4) is 23.8 Å². The van der Waals surface area contributed by atoms with E-state index in [-0.39, 0.29) is 0 Å². The highest BCUT2D eigenvalue weighted by atomic mass is 16.5. The smallest absolute Gasteiger partial charge is 0.127 e. The molecule has 0 saturated heterocycles. The number of terminal acetylenes is 1. The molecule has 0 heterocycles. The van der Waals surface area contributed by atoms with Crippen molar-refractivity contribution in [1.29, 1.82) is 0 Å². The van der Waals surface area contributed by atoms with E-state index in [0.717, 1.165) is 30.9 Å². The van der Waals surface area contributed by atoms with E-state index in [1.54, 1.807) is 0 Å². The highest BCUT2D eigenvalue weighted by Crippen LogP contribution is 2.21. The monoisotopic (exact) mass is 279 g/mol. The molecule has 2 nitrogen and oxygen atoms in total. The Morgan fingerprint density at radius 3 is 2.57 bits per heavy atom. The van der Waals surface area contributed by atoms with E-state index < -0.39 is 0 Å². The second kappa shape index (κ2) is 8.14. The van der Waals surface area contributed by atoms with E-state index in [1.807, 2.05) is 42.5 Å². The second-order valence-corrected chi connectivity index (χ2v) is 4.96. The summed E-state index contributed by atoms with van der Waals surface area (Å²) >= 11 is 0. The van der Waals surface area contributed by atoms with Crippen LogP contribution in [0.1, 0.15) is 25.3 Å². The van der Waals surface area contributed by atoms with Gasteiger partial charge in [-0.1, -0.05) is 37.3 Å². The van der Waals surface area contributed by atoms with Gasteiger partial charge in [-0.2, -0.15) is 0 Å². The van der Waals surface area contributed by atoms with Crippen LogP contribution in [0.3, 0.4) is 0 Å². The lowest BCUT2D eigenvalue weighted by atomic mass is 10.1. The van der Waals surface area contributed by atoms with Crippen LogP contribution in [0.2, 0.25) is 0 Å². The fourth-order valence-electron chi connectivity index (χ4n) is 2.11. The van der Waals surface area contributed by atoms with E-state index >= 15 is 0 Å². The summed E-state index contributed by atoms with van der Waals surface area (Å²) in [5, 5.41) is 3.48. The maximum Gasteiger partial charge on any atom is 0.127 e. The number of para-hydroxylation sites is 1. The van der Waals surface area contributed by atoms with E-state index in [0.29, 0.717) is 6.04 Å². The van der Waals surface area contributed by atoms with Crippen molar-refractivity contribution in [2.24, 2.45) is 0 Å². The van der Waals surface area contributed by atoms with Gasteiger partial charge in [0.1, 0.15) is 11.5 Å². The van der Waals surface area contributed by atoms with E-state index in [1.165, 1.54) is 5.56 Å². The summed E-state index contributed by atoms with van der Waals surface area (Å²) in [7, 11) is 0. The van der Waals surface area contributed by atoms with Crippen molar-refractivity contribution < 1.29 is 4.74 Å². The molecule has 21 heavy (non-hydrogen) atoms. The third kappa shape index (κ3) is 4.98. The molecule has 0 aliphatic rings. The lowest BCUT2D eigenvalue weighted by Crippen LogP contribution is -2.27. The minimum atomic E-state index is 0.369. The number of benzene rings is 2. The van der Waals surface area contributed by atoms with E-state index in [2.05, 4.69) is 30.3 Å². The molecule has 0 spiro atoms. The Labute approximate surface area is 127 Å². The first-order chi connectivity index (χ1) is 10.3. The van der Waals surface area contributed by atoms with Gasteiger partial charge >= 0.3 is 0 Å². The number of ether oxygens (including phenoxy) is 1. The summed E-state index contributed by atoms with van der Waals surface area (Å²) in [5.74, 6) is 4.41. The van der Waals surface area contributed by atoms with Crippen molar-refractivity contribution >= 4 is 0 Å². The van der Waals surface area contributed by atoms with Crippen molar-refractivity contribution in [3.05, 3.63) is 60.2 Å². The maximum absolute atomic E-state index is 5.84. The zero-order chi connectivity index (χ0) is 14.9. The third-order valence-electron chi connectivity index (χ3n) is 3.33. The standard InChI is InChI=1S/C19H21NO/c1-3-9-17(4-2)20-15-16-10-8-13-19(14-16)21-18-11-6-5-7-12-18/h1,5-8,10-14,17,20H,4,9,15H2,2H3. The summed E-state index contributed by atoms with van der Waals surface area (Å²) in [6.07, 6.45) is 7.17. The summed E-state index contributed by atoms with van der Waals surface area (Å²) in [6, 6.07) is 18.3. The largest absolute Gasteiger partial charge is 0.457 e. The van der Waals surface area contributed by atoms with E-state index in [4.69, 9.17) is 11.2 Å². The Balaban J connectivity index is 1.96. The topological polar surface area (TPSA) is 21.3 Å². The van der Waals surface area contributed by atoms with Crippen LogP contribution in [0.15, 0.2) is 54.6 Å². The molecule has 2 aromatic rings. The summed E-state index contributed by atoms with van der Waals surface area (Å²) in [6.45, 7) is 2.94. The molecule has 0 aromatic heterocycles. The lowest BCUT2D eigenvalue weighted by Gasteiger charge is -2.14. The van der Waals surface area contributed by atoms with E-state index in [9.17, 15) is 0 Å². The van der Waals surface area contributed by atoms with Gasteiger partial charge in [0.05, 0.1) is 0 Å². The highest BCUT2D eigenvalue weighted by Gasteiger charge is 2.04. The van der Waals surface area contributed by atoms with Crippen LogP contribution in [0, 0.1) is 12.3 Å². The first kappa shape index (κ1) is 15.2. The molecule has 0 radical (unpaired) electrons. The number of rotatable bonds is 7. The Morgan fingerprint density at radius 2 is 1.86 bits per heavy atom. The predicted octanol–water partition coefficient (Wildman–Crippen LogP) is 4.37. The molecule has 0 aliphatic heterocycles. The van der Waals surface area contributed by atoms with Crippen LogP contribution in [0.4, 0.5) is 0 Å². The summed E-state index contributed by atoms with van der Waals surface area (Å²) < 4.78 is 5.84.